The Hall–Kier alpha value is -1.25. The fourth-order valence-electron chi connectivity index (χ4n) is 0.503. The topological polar surface area (TPSA) is 33.8 Å². The van der Waals surface area contributed by atoms with Crippen molar-refractivity contribution < 1.29 is 9.36 Å². The van der Waals surface area contributed by atoms with Crippen LogP contribution in [0.2, 0.25) is 0 Å². The predicted molar refractivity (Wildman–Crippen MR) is 30.8 cm³/mol. The van der Waals surface area contributed by atoms with Crippen LogP contribution in [-0.2, 0) is 7.05 Å². The molecule has 0 bridgehead atoms. The van der Waals surface area contributed by atoms with Crippen LogP contribution < -0.4 is 4.57 Å². The minimum absolute atomic E-state index is 0.466. The number of hydrogen-bond donors (Lipinski definition) is 0. The average molecular weight is 123 g/mol. The first-order chi connectivity index (χ1) is 4.33. The van der Waals surface area contributed by atoms with Gasteiger partial charge in [-0.25, -0.2) is 4.57 Å². The number of aromatic nitrogens is 2. The summed E-state index contributed by atoms with van der Waals surface area (Å²) in [5, 5.41) is 0. The van der Waals surface area contributed by atoms with Crippen molar-refractivity contribution in [2.45, 2.75) is 0 Å². The Morgan fingerprint density at radius 1 is 1.78 bits per heavy atom. The van der Waals surface area contributed by atoms with Gasteiger partial charge in [0, 0.05) is 6.07 Å². The number of aryl methyl sites for hydroxylation is 1. The van der Waals surface area contributed by atoms with E-state index in [4.69, 9.17) is 0 Å². The molecule has 9 heavy (non-hydrogen) atoms. The summed E-state index contributed by atoms with van der Waals surface area (Å²) in [7, 11) is 1.85. The Kier molecular flexibility index (Phi) is 1.53. The lowest BCUT2D eigenvalue weighted by Crippen LogP contribution is -2.27. The summed E-state index contributed by atoms with van der Waals surface area (Å²) in [6, 6.07) is 1.66. The number of carbonyl (C=O) groups excluding carboxylic acids is 1. The highest BCUT2D eigenvalue weighted by Gasteiger charge is 1.95. The first-order valence-electron chi connectivity index (χ1n) is 2.59. The molecule has 0 saturated carbocycles. The summed E-state index contributed by atoms with van der Waals surface area (Å²) in [4.78, 5) is 13.8. The Morgan fingerprint density at radius 3 is 3.00 bits per heavy atom. The summed E-state index contributed by atoms with van der Waals surface area (Å²) in [6.07, 6.45) is 4.08. The maximum Gasteiger partial charge on any atom is 0.286 e. The molecule has 0 aliphatic carbocycles. The normalized spacial score (nSPS) is 9.00. The van der Waals surface area contributed by atoms with Crippen molar-refractivity contribution in [2.24, 2.45) is 7.05 Å². The van der Waals surface area contributed by atoms with Gasteiger partial charge in [0.05, 0.1) is 13.2 Å². The zero-order valence-corrected chi connectivity index (χ0v) is 5.11. The lowest BCUT2D eigenvalue weighted by molar-refractivity contribution is -0.674. The van der Waals surface area contributed by atoms with Crippen LogP contribution in [0.15, 0.2) is 18.6 Å². The maximum atomic E-state index is 10.0. The van der Waals surface area contributed by atoms with E-state index in [9.17, 15) is 4.79 Å². The quantitative estimate of drug-likeness (QED) is 0.380. The number of carbonyl (C=O) groups is 1. The van der Waals surface area contributed by atoms with E-state index in [1.54, 1.807) is 23.2 Å². The standard InChI is InChI=1S/C6H7N2O/c1-8-3-2-6(4-9)7-5-8/h2-5H,1H3/q+1. The summed E-state index contributed by atoms with van der Waals surface area (Å²) < 4.78 is 1.77. The van der Waals surface area contributed by atoms with Crippen LogP contribution >= 0.6 is 0 Å². The SMILES string of the molecule is C[n+]1ccc(C=O)nc1. The molecule has 0 unspecified atom stereocenters. The van der Waals surface area contributed by atoms with Crippen LogP contribution in [-0.4, -0.2) is 11.3 Å². The predicted octanol–water partition coefficient (Wildman–Crippen LogP) is -0.281. The van der Waals surface area contributed by atoms with Gasteiger partial charge < -0.3 is 0 Å². The van der Waals surface area contributed by atoms with Gasteiger partial charge in [0.1, 0.15) is 0 Å². The highest BCUT2D eigenvalue weighted by atomic mass is 16.1. The van der Waals surface area contributed by atoms with Gasteiger partial charge in [-0.3, -0.25) is 4.79 Å². The van der Waals surface area contributed by atoms with E-state index in [2.05, 4.69) is 4.98 Å². The van der Waals surface area contributed by atoms with Gasteiger partial charge in [-0.15, -0.1) is 0 Å². The van der Waals surface area contributed by atoms with Crippen LogP contribution in [0.1, 0.15) is 10.5 Å². The van der Waals surface area contributed by atoms with Crippen molar-refractivity contribution in [3.63, 3.8) is 0 Å². The molecule has 0 atom stereocenters. The smallest absolute Gasteiger partial charge is 0.286 e. The molecule has 0 saturated heterocycles. The molecule has 0 spiro atoms. The second-order valence-corrected chi connectivity index (χ2v) is 1.77. The molecule has 0 amide bonds. The van der Waals surface area contributed by atoms with Gasteiger partial charge >= 0.3 is 0 Å². The summed E-state index contributed by atoms with van der Waals surface area (Å²) in [5.41, 5.74) is 0.466. The number of rotatable bonds is 1. The summed E-state index contributed by atoms with van der Waals surface area (Å²) >= 11 is 0. The molecule has 0 aliphatic heterocycles. The van der Waals surface area contributed by atoms with E-state index in [0.29, 0.717) is 5.69 Å². The van der Waals surface area contributed by atoms with E-state index in [-0.39, 0.29) is 0 Å². The van der Waals surface area contributed by atoms with Crippen LogP contribution in [0.25, 0.3) is 0 Å². The van der Waals surface area contributed by atoms with Crippen molar-refractivity contribution in [1.82, 2.24) is 4.98 Å². The fraction of sp³-hybridized carbons (Fsp3) is 0.167. The van der Waals surface area contributed by atoms with Crippen LogP contribution in [0, 0.1) is 0 Å². The molecule has 1 aromatic rings. The van der Waals surface area contributed by atoms with Crippen molar-refractivity contribution in [2.75, 3.05) is 0 Å². The van der Waals surface area contributed by atoms with E-state index in [1.165, 1.54) is 0 Å². The molecule has 0 radical (unpaired) electrons. The molecule has 0 N–H and O–H groups in total. The molecule has 0 aliphatic rings. The number of hydrogen-bond acceptors (Lipinski definition) is 2. The Labute approximate surface area is 53.0 Å². The lowest BCUT2D eigenvalue weighted by Gasteiger charge is -1.82. The van der Waals surface area contributed by atoms with Crippen molar-refractivity contribution in [3.8, 4) is 0 Å². The molecule has 1 rings (SSSR count). The Balaban J connectivity index is 3.01. The molecule has 0 fully saturated rings. The minimum atomic E-state index is 0.466. The number of aldehydes is 1. The van der Waals surface area contributed by atoms with E-state index >= 15 is 0 Å². The van der Waals surface area contributed by atoms with Gasteiger partial charge in [0.15, 0.2) is 6.29 Å². The molecule has 1 heterocycles. The van der Waals surface area contributed by atoms with Gasteiger partial charge in [-0.1, -0.05) is 0 Å². The Bertz CT molecular complexity index is 205. The zero-order valence-electron chi connectivity index (χ0n) is 5.11. The van der Waals surface area contributed by atoms with Crippen molar-refractivity contribution >= 4 is 6.29 Å². The largest absolute Gasteiger partial charge is 0.294 e. The van der Waals surface area contributed by atoms with Crippen molar-refractivity contribution in [1.29, 1.82) is 0 Å². The lowest BCUT2D eigenvalue weighted by atomic mass is 10.4. The van der Waals surface area contributed by atoms with Crippen LogP contribution in [0.3, 0.4) is 0 Å². The summed E-state index contributed by atoms with van der Waals surface area (Å²) in [5.74, 6) is 0. The summed E-state index contributed by atoms with van der Waals surface area (Å²) in [6.45, 7) is 0. The Morgan fingerprint density at radius 2 is 2.56 bits per heavy atom. The first kappa shape index (κ1) is 5.88. The highest BCUT2D eigenvalue weighted by molar-refractivity contribution is 5.70. The molecular weight excluding hydrogens is 116 g/mol. The zero-order chi connectivity index (χ0) is 6.69. The van der Waals surface area contributed by atoms with Crippen molar-refractivity contribution in [3.05, 3.63) is 24.3 Å². The minimum Gasteiger partial charge on any atom is -0.294 e. The fourth-order valence-corrected chi connectivity index (χ4v) is 0.503. The van der Waals surface area contributed by atoms with Gasteiger partial charge in [0.2, 0.25) is 5.69 Å². The highest BCUT2D eigenvalue weighted by Crippen LogP contribution is 1.80. The van der Waals surface area contributed by atoms with Gasteiger partial charge in [-0.05, 0) is 4.98 Å². The van der Waals surface area contributed by atoms with Crippen LogP contribution in [0.5, 0.6) is 0 Å². The third-order valence-corrected chi connectivity index (χ3v) is 0.990. The second kappa shape index (κ2) is 2.35. The molecule has 0 aromatic carbocycles. The first-order valence-corrected chi connectivity index (χ1v) is 2.59. The molecule has 46 valence electrons. The van der Waals surface area contributed by atoms with E-state index < -0.39 is 0 Å². The molecule has 3 heteroatoms. The molecule has 3 nitrogen and oxygen atoms in total. The third kappa shape index (κ3) is 1.32. The van der Waals surface area contributed by atoms with Crippen LogP contribution in [0.4, 0.5) is 0 Å². The molecule has 1 aromatic heterocycles. The second-order valence-electron chi connectivity index (χ2n) is 1.77. The van der Waals surface area contributed by atoms with Gasteiger partial charge in [0.25, 0.3) is 6.33 Å². The van der Waals surface area contributed by atoms with E-state index in [0.717, 1.165) is 6.29 Å². The number of nitrogens with zero attached hydrogens (tertiary/aromatic N) is 2. The monoisotopic (exact) mass is 123 g/mol. The molecular formula is C6H7N2O+. The third-order valence-electron chi connectivity index (χ3n) is 0.990. The van der Waals surface area contributed by atoms with E-state index in [1.807, 2.05) is 7.05 Å². The van der Waals surface area contributed by atoms with Gasteiger partial charge in [-0.2, -0.15) is 0 Å². The average Bonchev–Trinajstić information content (AvgIpc) is 1.90. The maximum absolute atomic E-state index is 10.0.